The van der Waals surface area contributed by atoms with Gasteiger partial charge in [-0.1, -0.05) is 17.7 Å². The Morgan fingerprint density at radius 3 is 2.55 bits per heavy atom. The monoisotopic (exact) mass is 284 g/mol. The maximum absolute atomic E-state index is 12.6. The molecule has 1 nitrogen and oxygen atoms in total. The summed E-state index contributed by atoms with van der Waals surface area (Å²) in [5, 5.41) is 10.2. The van der Waals surface area contributed by atoms with Gasteiger partial charge in [-0.15, -0.1) is 0 Å². The molecule has 110 valence electrons. The van der Waals surface area contributed by atoms with Crippen LogP contribution in [0.3, 0.4) is 0 Å². The number of aliphatic hydroxyl groups excluding tert-OH is 1. The lowest BCUT2D eigenvalue weighted by Crippen LogP contribution is -2.08. The molecule has 0 aromatic heterocycles. The maximum Gasteiger partial charge on any atom is 0.416 e. The Labute approximate surface area is 117 Å². The number of aryl methyl sites for hydroxylation is 1. The Morgan fingerprint density at radius 2 is 2.00 bits per heavy atom. The quantitative estimate of drug-likeness (QED) is 0.780. The number of hydrogen-bond donors (Lipinski definition) is 1. The molecule has 1 aromatic carbocycles. The number of aliphatic hydroxyl groups is 1. The lowest BCUT2D eigenvalue weighted by Gasteiger charge is -2.19. The minimum Gasteiger partial charge on any atom is -0.388 e. The van der Waals surface area contributed by atoms with Crippen molar-refractivity contribution in [2.24, 2.45) is 0 Å². The Bertz CT molecular complexity index is 503. The molecule has 20 heavy (non-hydrogen) atoms. The van der Waals surface area contributed by atoms with E-state index in [-0.39, 0.29) is 0 Å². The topological polar surface area (TPSA) is 20.2 Å². The molecule has 4 heteroatoms. The van der Waals surface area contributed by atoms with Gasteiger partial charge in [-0.25, -0.2) is 0 Å². The van der Waals surface area contributed by atoms with E-state index in [2.05, 4.69) is 6.08 Å². The van der Waals surface area contributed by atoms with Gasteiger partial charge in [0.15, 0.2) is 0 Å². The molecule has 0 aliphatic heterocycles. The van der Waals surface area contributed by atoms with Crippen LogP contribution in [0, 0.1) is 6.92 Å². The van der Waals surface area contributed by atoms with E-state index in [1.165, 1.54) is 18.1 Å². The van der Waals surface area contributed by atoms with Crippen molar-refractivity contribution in [3.63, 3.8) is 0 Å². The lowest BCUT2D eigenvalue weighted by atomic mass is 9.91. The first-order chi connectivity index (χ1) is 9.38. The van der Waals surface area contributed by atoms with Crippen LogP contribution < -0.4 is 0 Å². The predicted octanol–water partition coefficient (Wildman–Crippen LogP) is 4.94. The molecular formula is C16H19F3O. The van der Waals surface area contributed by atoms with Crippen LogP contribution in [0.15, 0.2) is 29.8 Å². The summed E-state index contributed by atoms with van der Waals surface area (Å²) in [6.45, 7) is 1.61. The molecule has 2 rings (SSSR count). The molecule has 0 bridgehead atoms. The second-order valence-electron chi connectivity index (χ2n) is 5.40. The first kappa shape index (κ1) is 15.1. The van der Waals surface area contributed by atoms with E-state index in [0.29, 0.717) is 17.5 Å². The predicted molar refractivity (Wildman–Crippen MR) is 72.3 cm³/mol. The molecule has 0 heterocycles. The van der Waals surface area contributed by atoms with E-state index in [0.717, 1.165) is 31.4 Å². The van der Waals surface area contributed by atoms with Crippen molar-refractivity contribution in [1.82, 2.24) is 0 Å². The summed E-state index contributed by atoms with van der Waals surface area (Å²) in [5.74, 6) is 0. The molecule has 1 aliphatic carbocycles. The van der Waals surface area contributed by atoms with Crippen LogP contribution in [0.5, 0.6) is 0 Å². The Kier molecular flexibility index (Phi) is 4.53. The highest BCUT2D eigenvalue weighted by atomic mass is 19.4. The van der Waals surface area contributed by atoms with Crippen molar-refractivity contribution in [3.8, 4) is 0 Å². The van der Waals surface area contributed by atoms with E-state index >= 15 is 0 Å². The fourth-order valence-corrected chi connectivity index (χ4v) is 2.67. The Hall–Kier alpha value is -1.29. The smallest absolute Gasteiger partial charge is 0.388 e. The minimum absolute atomic E-state index is 0.490. The van der Waals surface area contributed by atoms with E-state index in [1.807, 2.05) is 0 Å². The van der Waals surface area contributed by atoms with E-state index < -0.39 is 17.8 Å². The van der Waals surface area contributed by atoms with Crippen molar-refractivity contribution < 1.29 is 18.3 Å². The average molecular weight is 284 g/mol. The van der Waals surface area contributed by atoms with Gasteiger partial charge in [-0.2, -0.15) is 13.2 Å². The maximum atomic E-state index is 12.6. The summed E-state index contributed by atoms with van der Waals surface area (Å²) in [4.78, 5) is 0. The van der Waals surface area contributed by atoms with Gasteiger partial charge in [0, 0.05) is 0 Å². The van der Waals surface area contributed by atoms with Crippen molar-refractivity contribution in [2.45, 2.75) is 51.3 Å². The first-order valence-electron chi connectivity index (χ1n) is 6.91. The van der Waals surface area contributed by atoms with Gasteiger partial charge in [0.25, 0.3) is 0 Å². The average Bonchev–Trinajstić information content (AvgIpc) is 2.38. The largest absolute Gasteiger partial charge is 0.416 e. The van der Waals surface area contributed by atoms with Gasteiger partial charge < -0.3 is 5.11 Å². The zero-order chi connectivity index (χ0) is 14.8. The lowest BCUT2D eigenvalue weighted by molar-refractivity contribution is -0.137. The highest BCUT2D eigenvalue weighted by molar-refractivity contribution is 5.34. The zero-order valence-corrected chi connectivity index (χ0v) is 11.5. The Morgan fingerprint density at radius 1 is 1.25 bits per heavy atom. The van der Waals surface area contributed by atoms with Gasteiger partial charge in [-0.3, -0.25) is 0 Å². The van der Waals surface area contributed by atoms with Gasteiger partial charge in [0.2, 0.25) is 0 Å². The van der Waals surface area contributed by atoms with E-state index in [4.69, 9.17) is 0 Å². The molecular weight excluding hydrogens is 265 g/mol. The molecule has 0 radical (unpaired) electrons. The highest BCUT2D eigenvalue weighted by Gasteiger charge is 2.31. The third-order valence-electron chi connectivity index (χ3n) is 3.80. The second-order valence-corrected chi connectivity index (χ2v) is 5.40. The Balaban J connectivity index is 2.14. The molecule has 0 fully saturated rings. The zero-order valence-electron chi connectivity index (χ0n) is 11.5. The fourth-order valence-electron chi connectivity index (χ4n) is 2.67. The summed E-state index contributed by atoms with van der Waals surface area (Å²) >= 11 is 0. The van der Waals surface area contributed by atoms with Crippen LogP contribution in [0.25, 0.3) is 0 Å². The van der Waals surface area contributed by atoms with Gasteiger partial charge in [0.1, 0.15) is 0 Å². The molecule has 0 amide bonds. The molecule has 1 aromatic rings. The molecule has 1 atom stereocenters. The van der Waals surface area contributed by atoms with Gasteiger partial charge >= 0.3 is 6.18 Å². The first-order valence-corrected chi connectivity index (χ1v) is 6.91. The SMILES string of the molecule is Cc1cc(C(F)(F)F)ccc1C(O)CC1=CCCCC1. The number of hydrogen-bond acceptors (Lipinski definition) is 1. The summed E-state index contributed by atoms with van der Waals surface area (Å²) in [6, 6.07) is 3.54. The fraction of sp³-hybridized carbons (Fsp3) is 0.500. The summed E-state index contributed by atoms with van der Waals surface area (Å²) in [6.07, 6.45) is 1.94. The standard InChI is InChI=1S/C16H19F3O/c1-11-9-13(16(17,18)19)7-8-14(11)15(20)10-12-5-3-2-4-6-12/h5,7-9,15,20H,2-4,6,10H2,1H3. The third-order valence-corrected chi connectivity index (χ3v) is 3.80. The molecule has 1 unspecified atom stereocenters. The normalized spacial score (nSPS) is 17.8. The number of alkyl halides is 3. The molecule has 1 N–H and O–H groups in total. The van der Waals surface area contributed by atoms with Crippen molar-refractivity contribution >= 4 is 0 Å². The highest BCUT2D eigenvalue weighted by Crippen LogP contribution is 2.33. The molecule has 0 saturated heterocycles. The summed E-state index contributed by atoms with van der Waals surface area (Å²) in [7, 11) is 0. The number of rotatable bonds is 3. The van der Waals surface area contributed by atoms with E-state index in [1.54, 1.807) is 6.92 Å². The van der Waals surface area contributed by atoms with Crippen molar-refractivity contribution in [3.05, 3.63) is 46.5 Å². The molecule has 0 spiro atoms. The van der Waals surface area contributed by atoms with Crippen molar-refractivity contribution in [1.29, 1.82) is 0 Å². The van der Waals surface area contributed by atoms with Crippen LogP contribution in [0.1, 0.15) is 54.9 Å². The minimum atomic E-state index is -4.33. The second kappa shape index (κ2) is 6.00. The van der Waals surface area contributed by atoms with Crippen LogP contribution in [-0.2, 0) is 6.18 Å². The summed E-state index contributed by atoms with van der Waals surface area (Å²) in [5.41, 5.74) is 1.62. The van der Waals surface area contributed by atoms with Crippen LogP contribution >= 0.6 is 0 Å². The summed E-state index contributed by atoms with van der Waals surface area (Å²) < 4.78 is 37.8. The number of halogens is 3. The van der Waals surface area contributed by atoms with Gasteiger partial charge in [0.05, 0.1) is 11.7 Å². The van der Waals surface area contributed by atoms with Crippen LogP contribution in [0.4, 0.5) is 13.2 Å². The van der Waals surface area contributed by atoms with E-state index in [9.17, 15) is 18.3 Å². The van der Waals surface area contributed by atoms with Gasteiger partial charge in [-0.05, 0) is 62.3 Å². The molecule has 1 aliphatic rings. The molecule has 0 saturated carbocycles. The third kappa shape index (κ3) is 3.63. The van der Waals surface area contributed by atoms with Crippen molar-refractivity contribution in [2.75, 3.05) is 0 Å². The number of allylic oxidation sites excluding steroid dienone is 1. The van der Waals surface area contributed by atoms with Crippen LogP contribution in [0.2, 0.25) is 0 Å². The number of benzene rings is 1. The van der Waals surface area contributed by atoms with Crippen LogP contribution in [-0.4, -0.2) is 5.11 Å².